The molecule has 6 heteroatoms. The van der Waals surface area contributed by atoms with Crippen molar-refractivity contribution in [1.82, 2.24) is 9.78 Å². The number of amides is 1. The Labute approximate surface area is 126 Å². The van der Waals surface area contributed by atoms with Crippen LogP contribution in [0.15, 0.2) is 41.6 Å². The molecule has 1 aromatic heterocycles. The molecule has 1 heterocycles. The molecule has 112 valence electrons. The Bertz CT molecular complexity index is 669. The molecule has 0 fully saturated rings. The first-order valence-corrected chi connectivity index (χ1v) is 8.13. The van der Waals surface area contributed by atoms with Gasteiger partial charge in [0.2, 0.25) is 0 Å². The number of nitrogens with one attached hydrogen (secondary N) is 1. The second kappa shape index (κ2) is 5.81. The standard InChI is InChI=1S/C15H19N3O2S/c1-15(2,3)18-10-11(9-16-18)14(19)17-12-5-7-13(8-6-12)21(4)20/h5-10H,1-4H3,(H,17,19)/t21-/m0/s1. The SMILES string of the molecule is C[S@](=O)c1ccc(NC(=O)c2cnn(C(C)(C)C)c2)cc1. The summed E-state index contributed by atoms with van der Waals surface area (Å²) in [5.41, 5.74) is 1.01. The van der Waals surface area contributed by atoms with Gasteiger partial charge in [0, 0.05) is 33.8 Å². The third-order valence-electron chi connectivity index (χ3n) is 2.98. The quantitative estimate of drug-likeness (QED) is 0.948. The molecule has 2 aromatic rings. The van der Waals surface area contributed by atoms with Gasteiger partial charge in [0.1, 0.15) is 0 Å². The van der Waals surface area contributed by atoms with E-state index < -0.39 is 10.8 Å². The van der Waals surface area contributed by atoms with E-state index in [1.807, 2.05) is 20.8 Å². The van der Waals surface area contributed by atoms with Crippen molar-refractivity contribution in [3.63, 3.8) is 0 Å². The molecule has 0 aliphatic rings. The first-order valence-electron chi connectivity index (χ1n) is 6.57. The molecule has 1 aromatic carbocycles. The van der Waals surface area contributed by atoms with Gasteiger partial charge in [-0.2, -0.15) is 5.10 Å². The summed E-state index contributed by atoms with van der Waals surface area (Å²) >= 11 is 0. The van der Waals surface area contributed by atoms with Gasteiger partial charge in [-0.15, -0.1) is 0 Å². The second-order valence-electron chi connectivity index (χ2n) is 5.78. The van der Waals surface area contributed by atoms with E-state index in [1.165, 1.54) is 0 Å². The molecular weight excluding hydrogens is 286 g/mol. The van der Waals surface area contributed by atoms with Crippen LogP contribution in [0.5, 0.6) is 0 Å². The molecular formula is C15H19N3O2S. The average Bonchev–Trinajstić information content (AvgIpc) is 2.88. The van der Waals surface area contributed by atoms with Crippen LogP contribution in [0.3, 0.4) is 0 Å². The van der Waals surface area contributed by atoms with Crippen LogP contribution in [0.2, 0.25) is 0 Å². The first-order chi connectivity index (χ1) is 9.77. The number of hydrogen-bond acceptors (Lipinski definition) is 3. The van der Waals surface area contributed by atoms with E-state index in [4.69, 9.17) is 0 Å². The van der Waals surface area contributed by atoms with Gasteiger partial charge in [-0.05, 0) is 45.0 Å². The molecule has 0 saturated heterocycles. The maximum Gasteiger partial charge on any atom is 0.258 e. The van der Waals surface area contributed by atoms with Crippen molar-refractivity contribution in [1.29, 1.82) is 0 Å². The van der Waals surface area contributed by atoms with Crippen LogP contribution in [-0.2, 0) is 16.3 Å². The van der Waals surface area contributed by atoms with Gasteiger partial charge in [0.05, 0.1) is 17.3 Å². The Morgan fingerprint density at radius 2 is 1.86 bits per heavy atom. The molecule has 0 radical (unpaired) electrons. The van der Waals surface area contributed by atoms with Crippen LogP contribution in [0.25, 0.3) is 0 Å². The highest BCUT2D eigenvalue weighted by molar-refractivity contribution is 7.84. The van der Waals surface area contributed by atoms with Gasteiger partial charge in [0.15, 0.2) is 0 Å². The number of benzene rings is 1. The van der Waals surface area contributed by atoms with Crippen LogP contribution in [0.4, 0.5) is 5.69 Å². The summed E-state index contributed by atoms with van der Waals surface area (Å²) < 4.78 is 13.1. The Kier molecular flexibility index (Phi) is 4.27. The summed E-state index contributed by atoms with van der Waals surface area (Å²) in [5.74, 6) is -0.212. The minimum atomic E-state index is -1.02. The first kappa shape index (κ1) is 15.4. The molecule has 21 heavy (non-hydrogen) atoms. The molecule has 0 aliphatic heterocycles. The fourth-order valence-corrected chi connectivity index (χ4v) is 2.26. The van der Waals surface area contributed by atoms with Gasteiger partial charge < -0.3 is 5.32 Å². The topological polar surface area (TPSA) is 64.0 Å². The third-order valence-corrected chi connectivity index (χ3v) is 3.91. The van der Waals surface area contributed by atoms with Crippen LogP contribution >= 0.6 is 0 Å². The van der Waals surface area contributed by atoms with Crippen molar-refractivity contribution in [3.8, 4) is 0 Å². The summed E-state index contributed by atoms with van der Waals surface area (Å²) in [6.45, 7) is 6.06. The van der Waals surface area contributed by atoms with Gasteiger partial charge in [-0.25, -0.2) is 0 Å². The summed E-state index contributed by atoms with van der Waals surface area (Å²) in [5, 5.41) is 7.00. The summed E-state index contributed by atoms with van der Waals surface area (Å²) in [7, 11) is -1.02. The number of carbonyl (C=O) groups is 1. The lowest BCUT2D eigenvalue weighted by atomic mass is 10.1. The van der Waals surface area contributed by atoms with Crippen LogP contribution in [0.1, 0.15) is 31.1 Å². The molecule has 1 N–H and O–H groups in total. The van der Waals surface area contributed by atoms with Crippen molar-refractivity contribution in [3.05, 3.63) is 42.2 Å². The molecule has 5 nitrogen and oxygen atoms in total. The number of nitrogens with zero attached hydrogens (tertiary/aromatic N) is 2. The highest BCUT2D eigenvalue weighted by atomic mass is 32.2. The van der Waals surface area contributed by atoms with Crippen molar-refractivity contribution in [2.45, 2.75) is 31.2 Å². The Hall–Kier alpha value is -1.95. The predicted molar refractivity (Wildman–Crippen MR) is 84.0 cm³/mol. The van der Waals surface area contributed by atoms with Gasteiger partial charge >= 0.3 is 0 Å². The molecule has 1 atom stereocenters. The largest absolute Gasteiger partial charge is 0.322 e. The summed E-state index contributed by atoms with van der Waals surface area (Å²) in [6.07, 6.45) is 4.90. The minimum Gasteiger partial charge on any atom is -0.322 e. The summed E-state index contributed by atoms with van der Waals surface area (Å²) in [6, 6.07) is 6.96. The highest BCUT2D eigenvalue weighted by Crippen LogP contribution is 2.16. The lowest BCUT2D eigenvalue weighted by Crippen LogP contribution is -2.22. The zero-order chi connectivity index (χ0) is 15.6. The maximum atomic E-state index is 12.1. The van der Waals surface area contributed by atoms with E-state index in [2.05, 4.69) is 10.4 Å². The lowest BCUT2D eigenvalue weighted by Gasteiger charge is -2.18. The normalized spacial score (nSPS) is 13.0. The van der Waals surface area contributed by atoms with E-state index in [1.54, 1.807) is 47.6 Å². The smallest absolute Gasteiger partial charge is 0.258 e. The lowest BCUT2D eigenvalue weighted by molar-refractivity contribution is 0.102. The van der Waals surface area contributed by atoms with Gasteiger partial charge in [-0.1, -0.05) is 0 Å². The average molecular weight is 305 g/mol. The van der Waals surface area contributed by atoms with Crippen molar-refractivity contribution in [2.75, 3.05) is 11.6 Å². The Morgan fingerprint density at radius 1 is 1.24 bits per heavy atom. The van der Waals surface area contributed by atoms with Crippen molar-refractivity contribution in [2.24, 2.45) is 0 Å². The van der Waals surface area contributed by atoms with E-state index in [9.17, 15) is 9.00 Å². The molecule has 0 spiro atoms. The number of carbonyl (C=O) groups excluding carboxylic acids is 1. The zero-order valence-electron chi connectivity index (χ0n) is 12.6. The minimum absolute atomic E-state index is 0.161. The molecule has 0 aliphatic carbocycles. The van der Waals surface area contributed by atoms with E-state index in [0.717, 1.165) is 4.90 Å². The van der Waals surface area contributed by atoms with E-state index >= 15 is 0 Å². The number of rotatable bonds is 3. The van der Waals surface area contributed by atoms with Crippen LogP contribution in [-0.4, -0.2) is 26.2 Å². The molecule has 1 amide bonds. The zero-order valence-corrected chi connectivity index (χ0v) is 13.4. The summed E-state index contributed by atoms with van der Waals surface area (Å²) in [4.78, 5) is 12.9. The van der Waals surface area contributed by atoms with Crippen LogP contribution in [0, 0.1) is 0 Å². The molecule has 0 bridgehead atoms. The van der Waals surface area contributed by atoms with Crippen molar-refractivity contribution >= 4 is 22.4 Å². The van der Waals surface area contributed by atoms with Gasteiger partial charge in [-0.3, -0.25) is 13.7 Å². The molecule has 2 rings (SSSR count). The van der Waals surface area contributed by atoms with Crippen LogP contribution < -0.4 is 5.32 Å². The molecule has 0 saturated carbocycles. The second-order valence-corrected chi connectivity index (χ2v) is 7.16. The van der Waals surface area contributed by atoms with Crippen molar-refractivity contribution < 1.29 is 9.00 Å². The number of hydrogen-bond donors (Lipinski definition) is 1. The Morgan fingerprint density at radius 3 is 2.33 bits per heavy atom. The number of aromatic nitrogens is 2. The van der Waals surface area contributed by atoms with Gasteiger partial charge in [0.25, 0.3) is 5.91 Å². The maximum absolute atomic E-state index is 12.1. The molecule has 0 unspecified atom stereocenters. The Balaban J connectivity index is 2.11. The number of anilines is 1. The predicted octanol–water partition coefficient (Wildman–Crippen LogP) is 2.63. The fraction of sp³-hybridized carbons (Fsp3) is 0.333. The van der Waals surface area contributed by atoms with E-state index in [0.29, 0.717) is 11.3 Å². The fourth-order valence-electron chi connectivity index (χ4n) is 1.74. The monoisotopic (exact) mass is 305 g/mol. The van der Waals surface area contributed by atoms with E-state index in [-0.39, 0.29) is 11.4 Å². The third kappa shape index (κ3) is 3.78. The highest BCUT2D eigenvalue weighted by Gasteiger charge is 2.16.